The number of rotatable bonds is 7. The summed E-state index contributed by atoms with van der Waals surface area (Å²) in [6, 6.07) is 21.0. The van der Waals surface area contributed by atoms with Crippen molar-refractivity contribution in [1.82, 2.24) is 0 Å². The Morgan fingerprint density at radius 1 is 1.00 bits per heavy atom. The number of benzene rings is 2. The highest BCUT2D eigenvalue weighted by Gasteiger charge is 2.50. The van der Waals surface area contributed by atoms with Crippen LogP contribution in [0.15, 0.2) is 72.8 Å². The standard InChI is InChI=1S/C23H30O4Si/c1-19(13-12-18-26-22(24)25-5)27-28(23(2,3)4,20-14-8-6-9-15-20)21-16-10-7-11-17-21/h6-17,19H,18H2,1-5H3/b13-12-/t19-/m0/s1. The van der Waals surface area contributed by atoms with Gasteiger partial charge in [0.15, 0.2) is 0 Å². The van der Waals surface area contributed by atoms with Crippen molar-refractivity contribution in [3.8, 4) is 0 Å². The van der Waals surface area contributed by atoms with Gasteiger partial charge < -0.3 is 13.9 Å². The predicted molar refractivity (Wildman–Crippen MR) is 116 cm³/mol. The Morgan fingerprint density at radius 2 is 1.50 bits per heavy atom. The molecule has 0 heterocycles. The van der Waals surface area contributed by atoms with Gasteiger partial charge in [0.1, 0.15) is 6.61 Å². The second kappa shape index (κ2) is 9.71. The molecule has 0 aliphatic rings. The molecule has 0 spiro atoms. The van der Waals surface area contributed by atoms with Crippen molar-refractivity contribution in [2.45, 2.75) is 38.8 Å². The Morgan fingerprint density at radius 3 is 1.93 bits per heavy atom. The molecule has 2 aromatic carbocycles. The molecule has 5 heteroatoms. The molecule has 0 aliphatic carbocycles. The molecule has 28 heavy (non-hydrogen) atoms. The van der Waals surface area contributed by atoms with E-state index in [-0.39, 0.29) is 17.7 Å². The molecule has 0 aromatic heterocycles. The lowest BCUT2D eigenvalue weighted by Gasteiger charge is -2.44. The maximum absolute atomic E-state index is 11.1. The molecule has 2 rings (SSSR count). The average molecular weight is 399 g/mol. The summed E-state index contributed by atoms with van der Waals surface area (Å²) in [5, 5.41) is 2.39. The molecule has 0 saturated heterocycles. The monoisotopic (exact) mass is 398 g/mol. The van der Waals surface area contributed by atoms with E-state index < -0.39 is 14.5 Å². The molecule has 2 aromatic rings. The summed E-state index contributed by atoms with van der Waals surface area (Å²) < 4.78 is 16.3. The van der Waals surface area contributed by atoms with Crippen LogP contribution in [0.5, 0.6) is 0 Å². The number of methoxy groups -OCH3 is 1. The van der Waals surface area contributed by atoms with E-state index in [9.17, 15) is 4.79 Å². The Kier molecular flexibility index (Phi) is 7.60. The van der Waals surface area contributed by atoms with Gasteiger partial charge in [-0.25, -0.2) is 4.79 Å². The summed E-state index contributed by atoms with van der Waals surface area (Å²) in [6.07, 6.45) is 2.89. The summed E-state index contributed by atoms with van der Waals surface area (Å²) in [5.74, 6) is 0. The molecule has 0 aliphatic heterocycles. The zero-order valence-corrected chi connectivity index (χ0v) is 18.3. The Bertz CT molecular complexity index is 727. The Labute approximate surface area is 169 Å². The number of hydrogen-bond donors (Lipinski definition) is 0. The molecule has 0 radical (unpaired) electrons. The fourth-order valence-corrected chi connectivity index (χ4v) is 8.08. The van der Waals surface area contributed by atoms with Gasteiger partial charge in [0.2, 0.25) is 0 Å². The maximum Gasteiger partial charge on any atom is 0.508 e. The fourth-order valence-electron chi connectivity index (χ4n) is 3.43. The van der Waals surface area contributed by atoms with Gasteiger partial charge in [-0.15, -0.1) is 0 Å². The molecule has 0 bridgehead atoms. The van der Waals surface area contributed by atoms with Gasteiger partial charge in [0.05, 0.1) is 13.2 Å². The minimum Gasteiger partial charge on any atom is -0.438 e. The molecule has 0 unspecified atom stereocenters. The topological polar surface area (TPSA) is 44.8 Å². The van der Waals surface area contributed by atoms with Gasteiger partial charge in [-0.2, -0.15) is 0 Å². The SMILES string of the molecule is COC(=O)OC/C=C\[C@H](C)O[Si](c1ccccc1)(c1ccccc1)C(C)(C)C. The van der Waals surface area contributed by atoms with E-state index in [0.717, 1.165) is 0 Å². The minimum atomic E-state index is -2.58. The van der Waals surface area contributed by atoms with E-state index in [1.54, 1.807) is 6.08 Å². The summed E-state index contributed by atoms with van der Waals surface area (Å²) in [6.45, 7) is 8.91. The predicted octanol–water partition coefficient (Wildman–Crippen LogP) is 4.29. The molecule has 4 nitrogen and oxygen atoms in total. The van der Waals surface area contributed by atoms with Gasteiger partial charge in [-0.05, 0) is 28.4 Å². The van der Waals surface area contributed by atoms with Crippen LogP contribution in [0.25, 0.3) is 0 Å². The zero-order chi connectivity index (χ0) is 20.6. The van der Waals surface area contributed by atoms with Crippen molar-refractivity contribution in [2.75, 3.05) is 13.7 Å². The molecule has 0 N–H and O–H groups in total. The molecular formula is C23H30O4Si. The van der Waals surface area contributed by atoms with Crippen LogP contribution in [0.3, 0.4) is 0 Å². The lowest BCUT2D eigenvalue weighted by Crippen LogP contribution is -2.67. The molecular weight excluding hydrogens is 368 g/mol. The second-order valence-electron chi connectivity index (χ2n) is 7.68. The van der Waals surface area contributed by atoms with Crippen LogP contribution >= 0.6 is 0 Å². The quantitative estimate of drug-likeness (QED) is 0.396. The summed E-state index contributed by atoms with van der Waals surface area (Å²) >= 11 is 0. The van der Waals surface area contributed by atoms with Crippen LogP contribution in [0.2, 0.25) is 5.04 Å². The number of hydrogen-bond acceptors (Lipinski definition) is 4. The fraction of sp³-hybridized carbons (Fsp3) is 0.348. The summed E-state index contributed by atoms with van der Waals surface area (Å²) in [7, 11) is -1.29. The molecule has 150 valence electrons. The summed E-state index contributed by atoms with van der Waals surface area (Å²) in [5.41, 5.74) is 0. The Balaban J connectivity index is 2.39. The van der Waals surface area contributed by atoms with E-state index in [1.165, 1.54) is 17.5 Å². The minimum absolute atomic E-state index is 0.0830. The highest BCUT2D eigenvalue weighted by molar-refractivity contribution is 6.99. The molecule has 0 fully saturated rings. The van der Waals surface area contributed by atoms with Crippen molar-refractivity contribution >= 4 is 24.8 Å². The highest BCUT2D eigenvalue weighted by Crippen LogP contribution is 2.37. The maximum atomic E-state index is 11.1. The highest BCUT2D eigenvalue weighted by atomic mass is 28.4. The van der Waals surface area contributed by atoms with Crippen LogP contribution in [-0.2, 0) is 13.9 Å². The largest absolute Gasteiger partial charge is 0.508 e. The van der Waals surface area contributed by atoms with Crippen molar-refractivity contribution in [2.24, 2.45) is 0 Å². The Hall–Kier alpha value is -2.37. The lowest BCUT2D eigenvalue weighted by molar-refractivity contribution is 0.0816. The first-order chi connectivity index (χ1) is 13.3. The number of carbonyl (C=O) groups is 1. The first-order valence-electron chi connectivity index (χ1n) is 9.47. The third kappa shape index (κ3) is 5.12. The second-order valence-corrected chi connectivity index (χ2v) is 11.9. The molecule has 0 amide bonds. The van der Waals surface area contributed by atoms with Gasteiger partial charge >= 0.3 is 6.16 Å². The van der Waals surface area contributed by atoms with Crippen LogP contribution in [0.1, 0.15) is 27.7 Å². The van der Waals surface area contributed by atoms with Crippen LogP contribution < -0.4 is 10.4 Å². The van der Waals surface area contributed by atoms with Gasteiger partial charge in [-0.3, -0.25) is 0 Å². The van der Waals surface area contributed by atoms with Gasteiger partial charge in [0.25, 0.3) is 8.32 Å². The first-order valence-corrected chi connectivity index (χ1v) is 11.4. The van der Waals surface area contributed by atoms with E-state index >= 15 is 0 Å². The van der Waals surface area contributed by atoms with Crippen molar-refractivity contribution in [3.63, 3.8) is 0 Å². The third-order valence-electron chi connectivity index (χ3n) is 4.65. The smallest absolute Gasteiger partial charge is 0.438 e. The van der Waals surface area contributed by atoms with Crippen LogP contribution in [0.4, 0.5) is 4.79 Å². The van der Waals surface area contributed by atoms with Crippen molar-refractivity contribution < 1.29 is 18.7 Å². The van der Waals surface area contributed by atoms with E-state index in [1.807, 2.05) is 25.1 Å². The van der Waals surface area contributed by atoms with Crippen molar-refractivity contribution in [1.29, 1.82) is 0 Å². The summed E-state index contributed by atoms with van der Waals surface area (Å²) in [4.78, 5) is 11.1. The third-order valence-corrected chi connectivity index (χ3v) is 9.78. The van der Waals surface area contributed by atoms with Crippen molar-refractivity contribution in [3.05, 3.63) is 72.8 Å². The van der Waals surface area contributed by atoms with E-state index in [2.05, 4.69) is 74.0 Å². The lowest BCUT2D eigenvalue weighted by atomic mass is 10.2. The average Bonchev–Trinajstić information content (AvgIpc) is 2.69. The van der Waals surface area contributed by atoms with E-state index in [0.29, 0.717) is 0 Å². The van der Waals surface area contributed by atoms with Gasteiger partial charge in [-0.1, -0.05) is 87.5 Å². The first kappa shape index (κ1) is 21.9. The normalized spacial score (nSPS) is 13.3. The molecule has 0 saturated carbocycles. The van der Waals surface area contributed by atoms with Crippen LogP contribution in [0, 0.1) is 0 Å². The zero-order valence-electron chi connectivity index (χ0n) is 17.3. The van der Waals surface area contributed by atoms with E-state index in [4.69, 9.17) is 9.16 Å². The number of ether oxygens (including phenoxy) is 2. The molecule has 1 atom stereocenters. The number of carbonyl (C=O) groups excluding carboxylic acids is 1. The van der Waals surface area contributed by atoms with Crippen LogP contribution in [-0.4, -0.2) is 34.3 Å². The van der Waals surface area contributed by atoms with Gasteiger partial charge in [0, 0.05) is 0 Å².